The molecule has 9 heteroatoms. The van der Waals surface area contributed by atoms with E-state index in [9.17, 15) is 13.6 Å². The summed E-state index contributed by atoms with van der Waals surface area (Å²) in [5.41, 5.74) is 6.79. The molecule has 0 bridgehead atoms. The van der Waals surface area contributed by atoms with Crippen molar-refractivity contribution >= 4 is 29.5 Å². The van der Waals surface area contributed by atoms with Gasteiger partial charge in [-0.3, -0.25) is 9.89 Å². The molecule has 3 rings (SSSR count). The highest BCUT2D eigenvalue weighted by atomic mass is 35.5. The fourth-order valence-electron chi connectivity index (χ4n) is 2.49. The number of benzene rings is 2. The highest BCUT2D eigenvalue weighted by molar-refractivity contribution is 6.30. The lowest BCUT2D eigenvalue weighted by molar-refractivity contribution is 0.100. The predicted molar refractivity (Wildman–Crippen MR) is 96.6 cm³/mol. The molecule has 0 aliphatic carbocycles. The Balaban J connectivity index is 1.92. The molecule has 0 aliphatic heterocycles. The van der Waals surface area contributed by atoms with Crippen molar-refractivity contribution in [2.75, 3.05) is 0 Å². The highest BCUT2D eigenvalue weighted by Gasteiger charge is 2.18. The number of H-pyrrole nitrogens is 1. The van der Waals surface area contributed by atoms with Crippen molar-refractivity contribution in [3.05, 3.63) is 75.4 Å². The first-order valence-corrected chi connectivity index (χ1v) is 8.06. The number of carbonyl (C=O) groups is 1. The van der Waals surface area contributed by atoms with Crippen molar-refractivity contribution in [2.24, 2.45) is 10.7 Å². The number of amides is 1. The molecule has 0 unspecified atom stereocenters. The van der Waals surface area contributed by atoms with Gasteiger partial charge in [0.05, 0.1) is 5.69 Å². The van der Waals surface area contributed by atoms with Crippen LogP contribution in [0.5, 0.6) is 5.75 Å². The predicted octanol–water partition coefficient (Wildman–Crippen LogP) is 3.49. The normalized spacial score (nSPS) is 11.2. The number of nitrogens with one attached hydrogen (secondary N) is 1. The molecule has 0 aliphatic rings. The van der Waals surface area contributed by atoms with E-state index in [1.807, 2.05) is 6.07 Å². The van der Waals surface area contributed by atoms with Crippen LogP contribution >= 0.6 is 11.6 Å². The van der Waals surface area contributed by atoms with Crippen LogP contribution in [0, 0.1) is 11.6 Å². The van der Waals surface area contributed by atoms with Crippen molar-refractivity contribution in [1.82, 2.24) is 10.2 Å². The van der Waals surface area contributed by atoms with E-state index >= 15 is 0 Å². The summed E-state index contributed by atoms with van der Waals surface area (Å²) < 4.78 is 26.8. The molecule has 0 spiro atoms. The molecule has 27 heavy (non-hydrogen) atoms. The zero-order chi connectivity index (χ0) is 19.6. The van der Waals surface area contributed by atoms with Crippen LogP contribution < -0.4 is 5.73 Å². The molecule has 3 aromatic rings. The Bertz CT molecular complexity index is 1030. The zero-order valence-electron chi connectivity index (χ0n) is 13.7. The average Bonchev–Trinajstić information content (AvgIpc) is 3.00. The van der Waals surface area contributed by atoms with Gasteiger partial charge in [-0.2, -0.15) is 5.10 Å². The number of rotatable bonds is 5. The van der Waals surface area contributed by atoms with Gasteiger partial charge >= 0.3 is 0 Å². The summed E-state index contributed by atoms with van der Waals surface area (Å²) >= 11 is 5.95. The second kappa shape index (κ2) is 7.55. The number of aromatic amines is 1. The van der Waals surface area contributed by atoms with Crippen LogP contribution in [0.1, 0.15) is 27.2 Å². The molecule has 6 nitrogen and oxygen atoms in total. The molecule has 0 saturated carbocycles. The quantitative estimate of drug-likeness (QED) is 0.581. The van der Waals surface area contributed by atoms with E-state index in [1.165, 1.54) is 0 Å². The van der Waals surface area contributed by atoms with Gasteiger partial charge in [-0.15, -0.1) is 0 Å². The summed E-state index contributed by atoms with van der Waals surface area (Å²) in [6.45, 7) is 0. The summed E-state index contributed by atoms with van der Waals surface area (Å²) in [4.78, 5) is 15.8. The summed E-state index contributed by atoms with van der Waals surface area (Å²) in [5, 5.41) is 16.3. The molecule has 2 aromatic carbocycles. The minimum Gasteiger partial charge on any atom is -0.503 e. The first-order chi connectivity index (χ1) is 12.8. The van der Waals surface area contributed by atoms with Gasteiger partial charge in [-0.05, 0) is 35.4 Å². The summed E-state index contributed by atoms with van der Waals surface area (Å²) in [5.74, 6) is -4.11. The van der Waals surface area contributed by atoms with Crippen molar-refractivity contribution in [2.45, 2.75) is 6.42 Å². The lowest BCUT2D eigenvalue weighted by atomic mass is 10.1. The standard InChI is InChI=1S/C18H13ClF2N4O2/c19-11-3-1-2-9(4-11)7-14-15(17(22)27)18(25-24-14)23-8-10-5-12(20)16(26)13(21)6-10/h1-6,8,26H,7H2,(H2,22,27)(H,24,25). The summed E-state index contributed by atoms with van der Waals surface area (Å²) in [6.07, 6.45) is 1.42. The lowest BCUT2D eigenvalue weighted by Gasteiger charge is -2.02. The Kier molecular flexibility index (Phi) is 5.18. The van der Waals surface area contributed by atoms with Crippen molar-refractivity contribution in [3.63, 3.8) is 0 Å². The number of nitrogens with two attached hydrogens (primary N) is 1. The third-order valence-corrected chi connectivity index (χ3v) is 3.95. The SMILES string of the molecule is NC(=O)c1c(N=Cc2cc(F)c(O)c(F)c2)n[nH]c1Cc1cccc(Cl)c1. The third kappa shape index (κ3) is 4.12. The van der Waals surface area contributed by atoms with E-state index < -0.39 is 23.3 Å². The van der Waals surface area contributed by atoms with Gasteiger partial charge in [0.25, 0.3) is 5.91 Å². The number of nitrogens with zero attached hydrogens (tertiary/aromatic N) is 2. The molecule has 1 heterocycles. The van der Waals surface area contributed by atoms with Crippen LogP contribution in [0.25, 0.3) is 0 Å². The van der Waals surface area contributed by atoms with E-state index in [2.05, 4.69) is 15.2 Å². The van der Waals surface area contributed by atoms with Gasteiger partial charge < -0.3 is 10.8 Å². The fourth-order valence-corrected chi connectivity index (χ4v) is 2.71. The number of phenols is 1. The van der Waals surface area contributed by atoms with Crippen molar-refractivity contribution in [3.8, 4) is 5.75 Å². The van der Waals surface area contributed by atoms with Gasteiger partial charge in [0.15, 0.2) is 23.2 Å². The number of aromatic hydroxyl groups is 1. The Morgan fingerprint density at radius 2 is 2.00 bits per heavy atom. The average molecular weight is 391 g/mol. The number of carbonyl (C=O) groups excluding carboxylic acids is 1. The minimum atomic E-state index is -1.13. The number of halogens is 3. The number of aromatic nitrogens is 2. The molecule has 0 radical (unpaired) electrons. The Morgan fingerprint density at radius 3 is 2.63 bits per heavy atom. The van der Waals surface area contributed by atoms with Crippen LogP contribution in [-0.4, -0.2) is 27.4 Å². The van der Waals surface area contributed by atoms with Gasteiger partial charge in [0.2, 0.25) is 0 Å². The summed E-state index contributed by atoms with van der Waals surface area (Å²) in [7, 11) is 0. The second-order valence-corrected chi connectivity index (χ2v) is 6.10. The van der Waals surface area contributed by atoms with Gasteiger partial charge in [0, 0.05) is 17.7 Å². The van der Waals surface area contributed by atoms with Crippen molar-refractivity contribution < 1.29 is 18.7 Å². The van der Waals surface area contributed by atoms with Crippen molar-refractivity contribution in [1.29, 1.82) is 0 Å². The molecule has 1 amide bonds. The van der Waals surface area contributed by atoms with E-state index in [0.29, 0.717) is 17.1 Å². The minimum absolute atomic E-state index is 0.0200. The maximum atomic E-state index is 13.4. The molecule has 0 atom stereocenters. The van der Waals surface area contributed by atoms with Crippen LogP contribution in [-0.2, 0) is 6.42 Å². The van der Waals surface area contributed by atoms with E-state index in [4.69, 9.17) is 22.4 Å². The number of aliphatic imine (C=N–C) groups is 1. The maximum Gasteiger partial charge on any atom is 0.254 e. The number of phenolic OH excluding ortho intramolecular Hbond substituents is 1. The lowest BCUT2D eigenvalue weighted by Crippen LogP contribution is -2.13. The third-order valence-electron chi connectivity index (χ3n) is 3.71. The molecule has 138 valence electrons. The van der Waals surface area contributed by atoms with E-state index in [0.717, 1.165) is 23.9 Å². The molecule has 0 fully saturated rings. The van der Waals surface area contributed by atoms with Crippen LogP contribution in [0.15, 0.2) is 41.4 Å². The van der Waals surface area contributed by atoms with Gasteiger partial charge in [-0.1, -0.05) is 23.7 Å². The summed E-state index contributed by atoms with van der Waals surface area (Å²) in [6, 6.07) is 8.83. The van der Waals surface area contributed by atoms with Gasteiger partial charge in [0.1, 0.15) is 5.56 Å². The first-order valence-electron chi connectivity index (χ1n) is 7.68. The number of primary amides is 1. The molecule has 0 saturated heterocycles. The molecule has 4 N–H and O–H groups in total. The van der Waals surface area contributed by atoms with Crippen LogP contribution in [0.4, 0.5) is 14.6 Å². The van der Waals surface area contributed by atoms with Crippen LogP contribution in [0.2, 0.25) is 5.02 Å². The Hall–Kier alpha value is -3.26. The molecular weight excluding hydrogens is 378 g/mol. The zero-order valence-corrected chi connectivity index (χ0v) is 14.5. The molecule has 1 aromatic heterocycles. The Labute approximate surface area is 157 Å². The first kappa shape index (κ1) is 18.5. The molecular formula is C18H13ClF2N4O2. The highest BCUT2D eigenvalue weighted by Crippen LogP contribution is 2.24. The van der Waals surface area contributed by atoms with Gasteiger partial charge in [-0.25, -0.2) is 13.8 Å². The number of hydrogen-bond donors (Lipinski definition) is 3. The smallest absolute Gasteiger partial charge is 0.254 e. The largest absolute Gasteiger partial charge is 0.503 e. The number of hydrogen-bond acceptors (Lipinski definition) is 4. The van der Waals surface area contributed by atoms with E-state index in [1.54, 1.807) is 18.2 Å². The van der Waals surface area contributed by atoms with Crippen LogP contribution in [0.3, 0.4) is 0 Å². The van der Waals surface area contributed by atoms with E-state index in [-0.39, 0.29) is 16.9 Å². The second-order valence-electron chi connectivity index (χ2n) is 5.66. The monoisotopic (exact) mass is 390 g/mol. The Morgan fingerprint density at radius 1 is 1.30 bits per heavy atom. The topological polar surface area (TPSA) is 104 Å². The maximum absolute atomic E-state index is 13.4. The fraction of sp³-hybridized carbons (Fsp3) is 0.0556.